The molecule has 0 aliphatic rings. The number of ether oxygens (including phenoxy) is 1. The molecule has 0 unspecified atom stereocenters. The monoisotopic (exact) mass is 425 g/mol. The number of carbonyl (C=O) groups is 2. The number of benzene rings is 2. The lowest BCUT2D eigenvalue weighted by atomic mass is 10.2. The van der Waals surface area contributed by atoms with E-state index in [1.165, 1.54) is 6.92 Å². The van der Waals surface area contributed by atoms with E-state index >= 15 is 0 Å². The van der Waals surface area contributed by atoms with E-state index in [9.17, 15) is 14.7 Å². The van der Waals surface area contributed by atoms with Gasteiger partial charge < -0.3 is 9.84 Å². The van der Waals surface area contributed by atoms with Crippen LogP contribution >= 0.6 is 22.6 Å². The normalized spacial score (nSPS) is 11.6. The van der Waals surface area contributed by atoms with Gasteiger partial charge in [-0.25, -0.2) is 9.59 Å². The van der Waals surface area contributed by atoms with E-state index < -0.39 is 18.1 Å². The summed E-state index contributed by atoms with van der Waals surface area (Å²) in [6.07, 6.45) is -0.690. The number of halogens is 1. The summed E-state index contributed by atoms with van der Waals surface area (Å²) >= 11 is 2.14. The second kappa shape index (κ2) is 7.96. The molecule has 0 saturated carbocycles. The Morgan fingerprint density at radius 1 is 1.13 bits per heavy atom. The minimum Gasteiger partial charge on any atom is -0.480 e. The highest BCUT2D eigenvalue weighted by Crippen LogP contribution is 2.20. The van der Waals surface area contributed by atoms with Gasteiger partial charge in [0.05, 0.1) is 0 Å². The Hall–Kier alpha value is -2.09. The molecule has 2 rings (SSSR count). The first-order valence-electron chi connectivity index (χ1n) is 6.97. The lowest BCUT2D eigenvalue weighted by Gasteiger charge is -2.26. The Morgan fingerprint density at radius 3 is 2.30 bits per heavy atom. The molecule has 120 valence electrons. The van der Waals surface area contributed by atoms with E-state index in [-0.39, 0.29) is 6.61 Å². The minimum absolute atomic E-state index is 0.0902. The first-order valence-corrected chi connectivity index (χ1v) is 8.05. The summed E-state index contributed by atoms with van der Waals surface area (Å²) in [6, 6.07) is 15.2. The molecule has 0 aromatic heterocycles. The van der Waals surface area contributed by atoms with E-state index in [0.29, 0.717) is 5.69 Å². The predicted octanol–water partition coefficient (Wildman–Crippen LogP) is 3.91. The van der Waals surface area contributed by atoms with Gasteiger partial charge in [-0.15, -0.1) is 0 Å². The van der Waals surface area contributed by atoms with Crippen LogP contribution in [-0.2, 0) is 16.1 Å². The van der Waals surface area contributed by atoms with Gasteiger partial charge in [0, 0.05) is 9.26 Å². The molecule has 1 N–H and O–H groups in total. The molecule has 2 aromatic rings. The van der Waals surface area contributed by atoms with Crippen LogP contribution in [0.3, 0.4) is 0 Å². The van der Waals surface area contributed by atoms with Gasteiger partial charge in [-0.2, -0.15) is 0 Å². The van der Waals surface area contributed by atoms with Crippen molar-refractivity contribution in [2.24, 2.45) is 0 Å². The van der Waals surface area contributed by atoms with Gasteiger partial charge in [0.25, 0.3) is 0 Å². The van der Waals surface area contributed by atoms with Crippen molar-refractivity contribution in [1.82, 2.24) is 0 Å². The van der Waals surface area contributed by atoms with Crippen molar-refractivity contribution in [1.29, 1.82) is 0 Å². The first kappa shape index (κ1) is 17.3. The second-order valence-electron chi connectivity index (χ2n) is 4.90. The number of rotatable bonds is 5. The Balaban J connectivity index is 2.17. The molecule has 0 aliphatic carbocycles. The quantitative estimate of drug-likeness (QED) is 0.738. The fourth-order valence-electron chi connectivity index (χ4n) is 1.99. The van der Waals surface area contributed by atoms with Crippen LogP contribution in [0, 0.1) is 3.57 Å². The smallest absolute Gasteiger partial charge is 0.415 e. The van der Waals surface area contributed by atoms with Crippen molar-refractivity contribution in [3.8, 4) is 0 Å². The fourth-order valence-corrected chi connectivity index (χ4v) is 2.35. The zero-order valence-electron chi connectivity index (χ0n) is 12.5. The molecule has 1 amide bonds. The van der Waals surface area contributed by atoms with E-state index in [1.54, 1.807) is 12.1 Å². The molecule has 0 bridgehead atoms. The molecule has 0 radical (unpaired) electrons. The molecule has 0 heterocycles. The largest absolute Gasteiger partial charge is 0.480 e. The van der Waals surface area contributed by atoms with Crippen molar-refractivity contribution < 1.29 is 19.4 Å². The van der Waals surface area contributed by atoms with Crippen LogP contribution in [0.5, 0.6) is 0 Å². The topological polar surface area (TPSA) is 66.8 Å². The van der Waals surface area contributed by atoms with Crippen molar-refractivity contribution in [2.75, 3.05) is 4.90 Å². The highest BCUT2D eigenvalue weighted by molar-refractivity contribution is 14.1. The Morgan fingerprint density at radius 2 is 1.74 bits per heavy atom. The van der Waals surface area contributed by atoms with Crippen molar-refractivity contribution in [2.45, 2.75) is 19.6 Å². The molecule has 0 saturated heterocycles. The van der Waals surface area contributed by atoms with Crippen LogP contribution in [0.15, 0.2) is 54.6 Å². The maximum Gasteiger partial charge on any atom is 0.415 e. The van der Waals surface area contributed by atoms with Gasteiger partial charge in [0.2, 0.25) is 0 Å². The summed E-state index contributed by atoms with van der Waals surface area (Å²) in [5, 5.41) is 9.25. The molecule has 2 aromatic carbocycles. The summed E-state index contributed by atoms with van der Waals surface area (Å²) in [6.45, 7) is 1.54. The third-order valence-electron chi connectivity index (χ3n) is 3.25. The number of carboxylic acid groups (broad SMARTS) is 1. The molecule has 6 heteroatoms. The lowest BCUT2D eigenvalue weighted by molar-refractivity contribution is -0.138. The Kier molecular flexibility index (Phi) is 5.97. The molecule has 23 heavy (non-hydrogen) atoms. The summed E-state index contributed by atoms with van der Waals surface area (Å²) in [5.74, 6) is -1.10. The van der Waals surface area contributed by atoms with Gasteiger partial charge >= 0.3 is 12.1 Å². The number of hydrogen-bond donors (Lipinski definition) is 1. The van der Waals surface area contributed by atoms with Crippen molar-refractivity contribution in [3.63, 3.8) is 0 Å². The standard InChI is InChI=1S/C17H16INO4/c1-12(16(20)21)19(15-9-7-14(18)8-10-15)17(22)23-11-13-5-3-2-4-6-13/h2-10,12H,11H2,1H3,(H,20,21)/t12-/m0/s1. The summed E-state index contributed by atoms with van der Waals surface area (Å²) < 4.78 is 6.26. The number of amides is 1. The molecule has 0 fully saturated rings. The van der Waals surface area contributed by atoms with Gasteiger partial charge in [-0.1, -0.05) is 30.3 Å². The summed E-state index contributed by atoms with van der Waals surface area (Å²) in [5.41, 5.74) is 1.32. The van der Waals surface area contributed by atoms with E-state index in [2.05, 4.69) is 22.6 Å². The first-order chi connectivity index (χ1) is 11.0. The number of nitrogens with zero attached hydrogens (tertiary/aromatic N) is 1. The number of carbonyl (C=O) groups excluding carboxylic acids is 1. The SMILES string of the molecule is C[C@@H](C(=O)O)N(C(=O)OCc1ccccc1)c1ccc(I)cc1. The number of anilines is 1. The Labute approximate surface area is 148 Å². The summed E-state index contributed by atoms with van der Waals surface area (Å²) in [4.78, 5) is 24.8. The van der Waals surface area contributed by atoms with Crippen LogP contribution in [0.25, 0.3) is 0 Å². The lowest BCUT2D eigenvalue weighted by Crippen LogP contribution is -2.43. The van der Waals surface area contributed by atoms with Crippen LogP contribution < -0.4 is 4.90 Å². The number of carboxylic acids is 1. The highest BCUT2D eigenvalue weighted by Gasteiger charge is 2.28. The maximum atomic E-state index is 12.4. The molecule has 5 nitrogen and oxygen atoms in total. The van der Waals surface area contributed by atoms with Crippen LogP contribution in [0.4, 0.5) is 10.5 Å². The molecule has 0 spiro atoms. The van der Waals surface area contributed by atoms with E-state index in [4.69, 9.17) is 4.74 Å². The van der Waals surface area contributed by atoms with E-state index in [0.717, 1.165) is 14.0 Å². The predicted molar refractivity (Wildman–Crippen MR) is 95.4 cm³/mol. The third-order valence-corrected chi connectivity index (χ3v) is 3.97. The number of hydrogen-bond acceptors (Lipinski definition) is 3. The molecular formula is C17H16INO4. The van der Waals surface area contributed by atoms with Crippen molar-refractivity contribution >= 4 is 40.3 Å². The minimum atomic E-state index is -1.10. The van der Waals surface area contributed by atoms with Crippen LogP contribution in [-0.4, -0.2) is 23.2 Å². The van der Waals surface area contributed by atoms with E-state index in [1.807, 2.05) is 42.5 Å². The Bertz CT molecular complexity index is 673. The van der Waals surface area contributed by atoms with Crippen molar-refractivity contribution in [3.05, 3.63) is 63.7 Å². The van der Waals surface area contributed by atoms with Crippen LogP contribution in [0.2, 0.25) is 0 Å². The summed E-state index contributed by atoms with van der Waals surface area (Å²) in [7, 11) is 0. The van der Waals surface area contributed by atoms with Crippen LogP contribution in [0.1, 0.15) is 12.5 Å². The maximum absolute atomic E-state index is 12.4. The average Bonchev–Trinajstić information content (AvgIpc) is 2.55. The van der Waals surface area contributed by atoms with Gasteiger partial charge in [0.1, 0.15) is 12.6 Å². The third kappa shape index (κ3) is 4.69. The molecule has 0 aliphatic heterocycles. The van der Waals surface area contributed by atoms with Gasteiger partial charge in [-0.05, 0) is 59.3 Å². The number of aliphatic carboxylic acids is 1. The average molecular weight is 425 g/mol. The zero-order chi connectivity index (χ0) is 16.8. The van der Waals surface area contributed by atoms with Gasteiger partial charge in [0.15, 0.2) is 0 Å². The second-order valence-corrected chi connectivity index (χ2v) is 6.15. The fraction of sp³-hybridized carbons (Fsp3) is 0.176. The highest BCUT2D eigenvalue weighted by atomic mass is 127. The molecule has 1 atom stereocenters. The van der Waals surface area contributed by atoms with Gasteiger partial charge in [-0.3, -0.25) is 4.90 Å². The molecular weight excluding hydrogens is 409 g/mol. The zero-order valence-corrected chi connectivity index (χ0v) is 14.6.